The molecule has 1 aliphatic carbocycles. The van der Waals surface area contributed by atoms with Crippen molar-refractivity contribution in [3.8, 4) is 5.75 Å². The standard InChI is InChI=1S/C24H26ClFN4O5/c1-10-11(2)35-23(28-10)18(27)12-4-5-29(8-12)20-15(25)6-13-19(22(20)34-3)30(17-7-16(17)26)9-14(21(13)31)24(32)33/h6,9,12,16-18H,4-5,7-8,27H2,1-3H3,(H,32,33). The monoisotopic (exact) mass is 504 g/mol. The summed E-state index contributed by atoms with van der Waals surface area (Å²) in [5, 5.41) is 9.85. The predicted molar refractivity (Wildman–Crippen MR) is 129 cm³/mol. The average Bonchev–Trinajstić information content (AvgIpc) is 3.19. The Morgan fingerprint density at radius 1 is 1.43 bits per heavy atom. The number of aryl methyl sites for hydroxylation is 2. The summed E-state index contributed by atoms with van der Waals surface area (Å²) in [7, 11) is 1.45. The third-order valence-corrected chi connectivity index (χ3v) is 7.34. The number of carboxylic acids is 1. The third-order valence-electron chi connectivity index (χ3n) is 7.05. The maximum absolute atomic E-state index is 14.1. The number of fused-ring (bicyclic) bond motifs is 1. The van der Waals surface area contributed by atoms with Crippen LogP contribution in [-0.4, -0.2) is 47.0 Å². The van der Waals surface area contributed by atoms with Crippen molar-refractivity contribution in [1.82, 2.24) is 9.55 Å². The van der Waals surface area contributed by atoms with Crippen LogP contribution >= 0.6 is 11.6 Å². The molecule has 0 amide bonds. The first-order chi connectivity index (χ1) is 16.6. The van der Waals surface area contributed by atoms with Gasteiger partial charge in [-0.05, 0) is 26.3 Å². The van der Waals surface area contributed by atoms with E-state index >= 15 is 0 Å². The van der Waals surface area contributed by atoms with E-state index in [1.54, 1.807) is 0 Å². The molecule has 0 radical (unpaired) electrons. The van der Waals surface area contributed by atoms with Crippen LogP contribution in [0.4, 0.5) is 10.1 Å². The second-order valence-electron chi connectivity index (χ2n) is 9.25. The molecule has 2 fully saturated rings. The lowest BCUT2D eigenvalue weighted by molar-refractivity contribution is 0.0694. The number of aromatic carboxylic acids is 1. The largest absolute Gasteiger partial charge is 0.492 e. The summed E-state index contributed by atoms with van der Waals surface area (Å²) in [5.74, 6) is 0.168. The molecule has 1 saturated heterocycles. The van der Waals surface area contributed by atoms with Gasteiger partial charge in [-0.15, -0.1) is 0 Å². The Labute approximate surface area is 205 Å². The predicted octanol–water partition coefficient (Wildman–Crippen LogP) is 3.78. The lowest BCUT2D eigenvalue weighted by Crippen LogP contribution is -2.27. The molecule has 2 aliphatic rings. The van der Waals surface area contributed by atoms with Crippen LogP contribution in [0, 0.1) is 19.8 Å². The van der Waals surface area contributed by atoms with Crippen molar-refractivity contribution >= 4 is 34.2 Å². The van der Waals surface area contributed by atoms with E-state index in [4.69, 9.17) is 26.5 Å². The first kappa shape index (κ1) is 23.6. The van der Waals surface area contributed by atoms with Crippen molar-refractivity contribution in [1.29, 1.82) is 0 Å². The summed E-state index contributed by atoms with van der Waals surface area (Å²) in [6.45, 7) is 4.87. The van der Waals surface area contributed by atoms with E-state index in [1.165, 1.54) is 23.9 Å². The van der Waals surface area contributed by atoms with Gasteiger partial charge < -0.3 is 29.5 Å². The minimum absolute atomic E-state index is 0.0270. The molecular weight excluding hydrogens is 479 g/mol. The van der Waals surface area contributed by atoms with Gasteiger partial charge in [-0.1, -0.05) is 11.6 Å². The number of ether oxygens (including phenoxy) is 1. The van der Waals surface area contributed by atoms with Crippen LogP contribution in [0.5, 0.6) is 5.75 Å². The van der Waals surface area contributed by atoms with Crippen LogP contribution in [0.2, 0.25) is 5.02 Å². The van der Waals surface area contributed by atoms with Gasteiger partial charge in [-0.3, -0.25) is 4.79 Å². The van der Waals surface area contributed by atoms with Gasteiger partial charge in [0, 0.05) is 31.6 Å². The first-order valence-corrected chi connectivity index (χ1v) is 11.8. The Balaban J connectivity index is 1.60. The van der Waals surface area contributed by atoms with Gasteiger partial charge in [-0.25, -0.2) is 14.2 Å². The molecule has 1 aliphatic heterocycles. The van der Waals surface area contributed by atoms with Crippen molar-refractivity contribution in [2.75, 3.05) is 25.1 Å². The number of nitrogens with two attached hydrogens (primary N) is 1. The minimum Gasteiger partial charge on any atom is -0.492 e. The molecule has 0 spiro atoms. The molecule has 5 rings (SSSR count). The molecule has 1 aromatic carbocycles. The Morgan fingerprint density at radius 2 is 2.14 bits per heavy atom. The molecule has 35 heavy (non-hydrogen) atoms. The number of hydrogen-bond acceptors (Lipinski definition) is 7. The van der Waals surface area contributed by atoms with Gasteiger partial charge in [-0.2, -0.15) is 0 Å². The second kappa shape index (κ2) is 8.53. The second-order valence-corrected chi connectivity index (χ2v) is 9.66. The summed E-state index contributed by atoms with van der Waals surface area (Å²) in [6.07, 6.45) is 1.05. The van der Waals surface area contributed by atoms with Crippen molar-refractivity contribution in [2.24, 2.45) is 11.7 Å². The van der Waals surface area contributed by atoms with E-state index in [1.807, 2.05) is 18.7 Å². The Kier molecular flexibility index (Phi) is 5.76. The lowest BCUT2D eigenvalue weighted by Gasteiger charge is -2.26. The lowest BCUT2D eigenvalue weighted by atomic mass is 10.00. The van der Waals surface area contributed by atoms with Gasteiger partial charge in [0.25, 0.3) is 0 Å². The molecular formula is C24H26ClFN4O5. The normalized spacial score (nSPS) is 22.6. The van der Waals surface area contributed by atoms with E-state index in [0.29, 0.717) is 35.9 Å². The maximum Gasteiger partial charge on any atom is 0.341 e. The summed E-state index contributed by atoms with van der Waals surface area (Å²) in [5.41, 5.74) is 7.04. The van der Waals surface area contributed by atoms with Crippen molar-refractivity contribution in [3.05, 3.63) is 50.4 Å². The van der Waals surface area contributed by atoms with Crippen LogP contribution in [-0.2, 0) is 0 Å². The zero-order valence-electron chi connectivity index (χ0n) is 19.5. The zero-order valence-corrected chi connectivity index (χ0v) is 20.3. The van der Waals surface area contributed by atoms with Gasteiger partial charge in [0.2, 0.25) is 11.3 Å². The van der Waals surface area contributed by atoms with Crippen molar-refractivity contribution < 1.29 is 23.4 Å². The van der Waals surface area contributed by atoms with E-state index in [0.717, 1.165) is 17.9 Å². The van der Waals surface area contributed by atoms with Gasteiger partial charge in [0.15, 0.2) is 5.75 Å². The summed E-state index contributed by atoms with van der Waals surface area (Å²) in [4.78, 5) is 31.1. The number of oxazole rings is 1. The fraction of sp³-hybridized carbons (Fsp3) is 0.458. The van der Waals surface area contributed by atoms with Gasteiger partial charge >= 0.3 is 5.97 Å². The highest BCUT2D eigenvalue weighted by Crippen LogP contribution is 2.48. The highest BCUT2D eigenvalue weighted by Gasteiger charge is 2.41. The molecule has 11 heteroatoms. The molecule has 1 saturated carbocycles. The van der Waals surface area contributed by atoms with Crippen molar-refractivity contribution in [3.63, 3.8) is 0 Å². The highest BCUT2D eigenvalue weighted by atomic mass is 35.5. The number of anilines is 1. The number of carbonyl (C=O) groups is 1. The van der Waals surface area contributed by atoms with E-state index < -0.39 is 35.2 Å². The third kappa shape index (κ3) is 3.84. The number of aromatic nitrogens is 2. The highest BCUT2D eigenvalue weighted by molar-refractivity contribution is 6.35. The van der Waals surface area contributed by atoms with Crippen molar-refractivity contribution in [2.45, 2.75) is 44.9 Å². The van der Waals surface area contributed by atoms with Crippen LogP contribution in [0.25, 0.3) is 10.9 Å². The quantitative estimate of drug-likeness (QED) is 0.520. The molecule has 4 atom stereocenters. The fourth-order valence-corrected chi connectivity index (χ4v) is 5.22. The number of pyridine rings is 1. The number of hydrogen-bond donors (Lipinski definition) is 2. The van der Waals surface area contributed by atoms with Crippen LogP contribution in [0.1, 0.15) is 52.6 Å². The molecule has 9 nitrogen and oxygen atoms in total. The smallest absolute Gasteiger partial charge is 0.341 e. The van der Waals surface area contributed by atoms with Crippen LogP contribution in [0.15, 0.2) is 21.5 Å². The Morgan fingerprint density at radius 3 is 2.71 bits per heavy atom. The Bertz CT molecular complexity index is 1380. The number of alkyl halides is 1. The minimum atomic E-state index is -1.38. The van der Waals surface area contributed by atoms with E-state index in [2.05, 4.69) is 4.98 Å². The molecule has 4 unspecified atom stereocenters. The molecule has 2 aromatic heterocycles. The number of nitrogens with zero attached hydrogens (tertiary/aromatic N) is 3. The number of carboxylic acid groups (broad SMARTS) is 1. The Hall–Kier alpha value is -3.11. The van der Waals surface area contributed by atoms with Crippen LogP contribution < -0.4 is 20.8 Å². The van der Waals surface area contributed by atoms with Gasteiger partial charge in [0.1, 0.15) is 23.2 Å². The molecule has 3 N–H and O–H groups in total. The van der Waals surface area contributed by atoms with E-state index in [9.17, 15) is 19.1 Å². The molecule has 3 heterocycles. The summed E-state index contributed by atoms with van der Waals surface area (Å²) >= 11 is 6.66. The number of rotatable bonds is 6. The summed E-state index contributed by atoms with van der Waals surface area (Å²) < 4.78 is 27.1. The molecule has 186 valence electrons. The number of benzene rings is 1. The fourth-order valence-electron chi connectivity index (χ4n) is 4.91. The SMILES string of the molecule is COc1c(N2CCC(C(N)c3nc(C)c(C)o3)C2)c(Cl)cc2c(=O)c(C(=O)O)cn(C3CC3F)c12. The van der Waals surface area contributed by atoms with E-state index in [-0.39, 0.29) is 22.7 Å². The number of halogens is 2. The van der Waals surface area contributed by atoms with Crippen LogP contribution in [0.3, 0.4) is 0 Å². The van der Waals surface area contributed by atoms with Gasteiger partial charge in [0.05, 0.1) is 40.8 Å². The topological polar surface area (TPSA) is 124 Å². The zero-order chi connectivity index (χ0) is 25.2. The summed E-state index contributed by atoms with van der Waals surface area (Å²) in [6, 6.07) is 0.465. The average molecular weight is 505 g/mol. The molecule has 3 aromatic rings. The molecule has 0 bridgehead atoms. The first-order valence-electron chi connectivity index (χ1n) is 11.4. The number of methoxy groups -OCH3 is 1. The maximum atomic E-state index is 14.1.